The van der Waals surface area contributed by atoms with Crippen LogP contribution in [-0.4, -0.2) is 31.7 Å². The van der Waals surface area contributed by atoms with Gasteiger partial charge in [0.25, 0.3) is 0 Å². The summed E-state index contributed by atoms with van der Waals surface area (Å²) in [6.45, 7) is 1.02. The van der Waals surface area contributed by atoms with Gasteiger partial charge in [-0.15, -0.1) is 0 Å². The first kappa shape index (κ1) is 16.3. The summed E-state index contributed by atoms with van der Waals surface area (Å²) in [4.78, 5) is 6.15. The highest BCUT2D eigenvalue weighted by molar-refractivity contribution is 7.93. The Kier molecular flexibility index (Phi) is 4.67. The molecule has 1 N–H and O–H groups in total. The third-order valence-electron chi connectivity index (χ3n) is 4.06. The Morgan fingerprint density at radius 2 is 2.00 bits per heavy atom. The summed E-state index contributed by atoms with van der Waals surface area (Å²) < 4.78 is 28.0. The number of aromatic nitrogens is 1. The van der Waals surface area contributed by atoms with Crippen LogP contribution in [0.1, 0.15) is 18.4 Å². The fourth-order valence-corrected chi connectivity index (χ4v) is 4.36. The van der Waals surface area contributed by atoms with E-state index in [0.29, 0.717) is 36.6 Å². The van der Waals surface area contributed by atoms with Gasteiger partial charge in [0.1, 0.15) is 11.9 Å². The van der Waals surface area contributed by atoms with Gasteiger partial charge in [-0.05, 0) is 37.1 Å². The Morgan fingerprint density at radius 1 is 1.21 bits per heavy atom. The van der Waals surface area contributed by atoms with Crippen LogP contribution in [0.5, 0.6) is 0 Å². The predicted octanol–water partition coefficient (Wildman–Crippen LogP) is 2.36. The molecule has 0 spiro atoms. The van der Waals surface area contributed by atoms with Gasteiger partial charge in [0, 0.05) is 25.0 Å². The quantitative estimate of drug-likeness (QED) is 0.922. The molecule has 0 amide bonds. The third-order valence-corrected chi connectivity index (χ3v) is 5.84. The molecule has 1 atom stereocenters. The first-order valence-electron chi connectivity index (χ1n) is 7.77. The van der Waals surface area contributed by atoms with Crippen molar-refractivity contribution in [2.75, 3.05) is 22.7 Å². The van der Waals surface area contributed by atoms with Crippen LogP contribution in [0.4, 0.5) is 11.5 Å². The molecule has 2 heterocycles. The molecule has 1 aliphatic heterocycles. The SMILES string of the molecule is N#Cc1cccnc1N1CCC[C@H](S(=O)(=O)Nc2ccccc2)C1. The molecule has 0 unspecified atom stereocenters. The minimum atomic E-state index is -3.50. The molecule has 2 aromatic rings. The van der Waals surface area contributed by atoms with Gasteiger partial charge < -0.3 is 4.90 Å². The second kappa shape index (κ2) is 6.89. The summed E-state index contributed by atoms with van der Waals surface area (Å²) in [6, 6.07) is 14.4. The van der Waals surface area contributed by atoms with Crippen molar-refractivity contribution in [1.29, 1.82) is 5.26 Å². The van der Waals surface area contributed by atoms with E-state index in [1.54, 1.807) is 42.6 Å². The zero-order valence-electron chi connectivity index (χ0n) is 13.1. The topological polar surface area (TPSA) is 86.1 Å². The van der Waals surface area contributed by atoms with Gasteiger partial charge in [0.05, 0.1) is 10.8 Å². The fourth-order valence-electron chi connectivity index (χ4n) is 2.87. The van der Waals surface area contributed by atoms with Crippen molar-refractivity contribution < 1.29 is 8.42 Å². The van der Waals surface area contributed by atoms with Gasteiger partial charge in [-0.3, -0.25) is 4.72 Å². The molecular weight excluding hydrogens is 324 g/mol. The van der Waals surface area contributed by atoms with Crippen LogP contribution in [0.15, 0.2) is 48.7 Å². The lowest BCUT2D eigenvalue weighted by molar-refractivity contribution is 0.533. The first-order chi connectivity index (χ1) is 11.6. The average Bonchev–Trinajstić information content (AvgIpc) is 2.62. The standard InChI is InChI=1S/C17H18N4O2S/c18-12-14-6-4-10-19-17(14)21-11-5-9-16(13-21)24(22,23)20-15-7-2-1-3-8-15/h1-4,6-8,10,16,20H,5,9,11,13H2/t16-/m0/s1. The lowest BCUT2D eigenvalue weighted by Crippen LogP contribution is -2.44. The largest absolute Gasteiger partial charge is 0.354 e. The van der Waals surface area contributed by atoms with Crippen LogP contribution in [0.3, 0.4) is 0 Å². The predicted molar refractivity (Wildman–Crippen MR) is 93.2 cm³/mol. The number of anilines is 2. The van der Waals surface area contributed by atoms with Crippen LogP contribution in [0.25, 0.3) is 0 Å². The molecule has 1 aromatic carbocycles. The molecule has 0 saturated carbocycles. The molecule has 7 heteroatoms. The summed E-state index contributed by atoms with van der Waals surface area (Å²) in [5, 5.41) is 8.68. The van der Waals surface area contributed by atoms with Crippen molar-refractivity contribution in [2.45, 2.75) is 18.1 Å². The average molecular weight is 342 g/mol. The molecule has 1 aromatic heterocycles. The normalized spacial score (nSPS) is 18.0. The van der Waals surface area contributed by atoms with Crippen molar-refractivity contribution in [3.05, 3.63) is 54.2 Å². The molecule has 0 radical (unpaired) electrons. The molecular formula is C17H18N4O2S. The van der Waals surface area contributed by atoms with E-state index in [4.69, 9.17) is 0 Å². The number of rotatable bonds is 4. The second-order valence-electron chi connectivity index (χ2n) is 5.71. The molecule has 1 saturated heterocycles. The molecule has 0 aliphatic carbocycles. The van der Waals surface area contributed by atoms with E-state index in [2.05, 4.69) is 15.8 Å². The first-order valence-corrected chi connectivity index (χ1v) is 9.31. The summed E-state index contributed by atoms with van der Waals surface area (Å²) in [5.74, 6) is 0.555. The van der Waals surface area contributed by atoms with Crippen LogP contribution in [0.2, 0.25) is 0 Å². The third kappa shape index (κ3) is 3.49. The molecule has 1 fully saturated rings. The van der Waals surface area contributed by atoms with Crippen molar-refractivity contribution in [3.8, 4) is 6.07 Å². The zero-order chi connectivity index (χ0) is 17.0. The number of hydrogen-bond donors (Lipinski definition) is 1. The Bertz CT molecular complexity index is 846. The number of para-hydroxylation sites is 1. The maximum Gasteiger partial charge on any atom is 0.237 e. The van der Waals surface area contributed by atoms with E-state index < -0.39 is 15.3 Å². The highest BCUT2D eigenvalue weighted by Crippen LogP contribution is 2.25. The van der Waals surface area contributed by atoms with Crippen LogP contribution in [-0.2, 0) is 10.0 Å². The van der Waals surface area contributed by atoms with Crippen molar-refractivity contribution >= 4 is 21.5 Å². The molecule has 3 rings (SSSR count). The molecule has 1 aliphatic rings. The lowest BCUT2D eigenvalue weighted by Gasteiger charge is -2.33. The van der Waals surface area contributed by atoms with Crippen LogP contribution in [0, 0.1) is 11.3 Å². The van der Waals surface area contributed by atoms with Crippen molar-refractivity contribution in [1.82, 2.24) is 4.98 Å². The second-order valence-corrected chi connectivity index (χ2v) is 7.67. The van der Waals surface area contributed by atoms with E-state index in [-0.39, 0.29) is 0 Å². The number of pyridine rings is 1. The smallest absolute Gasteiger partial charge is 0.237 e. The fraction of sp³-hybridized carbons (Fsp3) is 0.294. The van der Waals surface area contributed by atoms with Gasteiger partial charge in [-0.2, -0.15) is 5.26 Å². The van der Waals surface area contributed by atoms with Gasteiger partial charge in [0.15, 0.2) is 0 Å². The van der Waals surface area contributed by atoms with Gasteiger partial charge in [-0.1, -0.05) is 18.2 Å². The monoisotopic (exact) mass is 342 g/mol. The van der Waals surface area contributed by atoms with Gasteiger partial charge in [0.2, 0.25) is 10.0 Å². The summed E-state index contributed by atoms with van der Waals surface area (Å²) >= 11 is 0. The van der Waals surface area contributed by atoms with Crippen molar-refractivity contribution in [3.63, 3.8) is 0 Å². The lowest BCUT2D eigenvalue weighted by atomic mass is 10.1. The molecule has 6 nitrogen and oxygen atoms in total. The Balaban J connectivity index is 1.79. The number of nitrogens with zero attached hydrogens (tertiary/aromatic N) is 3. The zero-order valence-corrected chi connectivity index (χ0v) is 13.9. The van der Waals surface area contributed by atoms with Crippen LogP contribution < -0.4 is 9.62 Å². The Hall–Kier alpha value is -2.59. The van der Waals surface area contributed by atoms with Crippen LogP contribution >= 0.6 is 0 Å². The highest BCUT2D eigenvalue weighted by Gasteiger charge is 2.32. The number of sulfonamides is 1. The van der Waals surface area contributed by atoms with E-state index in [0.717, 1.165) is 6.42 Å². The summed E-state index contributed by atoms with van der Waals surface area (Å²) in [7, 11) is -3.50. The molecule has 24 heavy (non-hydrogen) atoms. The Morgan fingerprint density at radius 3 is 2.75 bits per heavy atom. The maximum atomic E-state index is 12.7. The summed E-state index contributed by atoms with van der Waals surface area (Å²) in [6.07, 6.45) is 2.95. The van der Waals surface area contributed by atoms with Gasteiger partial charge in [-0.25, -0.2) is 13.4 Å². The number of piperidine rings is 1. The van der Waals surface area contributed by atoms with E-state index in [1.165, 1.54) is 0 Å². The number of nitriles is 1. The minimum absolute atomic E-state index is 0.327. The van der Waals surface area contributed by atoms with E-state index >= 15 is 0 Å². The maximum absolute atomic E-state index is 12.7. The minimum Gasteiger partial charge on any atom is -0.354 e. The van der Waals surface area contributed by atoms with E-state index in [9.17, 15) is 13.7 Å². The Labute approximate surface area is 141 Å². The number of benzene rings is 1. The highest BCUT2D eigenvalue weighted by atomic mass is 32.2. The molecule has 0 bridgehead atoms. The van der Waals surface area contributed by atoms with Crippen molar-refractivity contribution in [2.24, 2.45) is 0 Å². The molecule has 124 valence electrons. The van der Waals surface area contributed by atoms with Gasteiger partial charge >= 0.3 is 0 Å². The summed E-state index contributed by atoms with van der Waals surface area (Å²) in [5.41, 5.74) is 1.02. The number of nitrogens with one attached hydrogen (secondary N) is 1. The number of hydrogen-bond acceptors (Lipinski definition) is 5. The van der Waals surface area contributed by atoms with E-state index in [1.807, 2.05) is 11.0 Å².